The van der Waals surface area contributed by atoms with Crippen molar-refractivity contribution in [3.8, 4) is 33.4 Å². The maximum atomic E-state index is 4.83. The van der Waals surface area contributed by atoms with Crippen LogP contribution in [-0.4, -0.2) is 9.97 Å². The molecule has 0 saturated carbocycles. The molecule has 8 aromatic rings. The molecule has 1 aliphatic rings. The minimum atomic E-state index is 0.840. The smallest absolute Gasteiger partial charge is 0.137 e. The van der Waals surface area contributed by atoms with Crippen LogP contribution in [0.1, 0.15) is 0 Å². The van der Waals surface area contributed by atoms with E-state index in [1.165, 1.54) is 38.6 Å². The number of benzene rings is 6. The molecule has 48 heavy (non-hydrogen) atoms. The second kappa shape index (κ2) is 11.7. The van der Waals surface area contributed by atoms with Crippen molar-refractivity contribution in [3.05, 3.63) is 182 Å². The first-order valence-corrected chi connectivity index (χ1v) is 16.2. The first-order chi connectivity index (χ1) is 23.8. The van der Waals surface area contributed by atoms with Crippen LogP contribution in [0.2, 0.25) is 0 Å². The molecule has 0 fully saturated rings. The van der Waals surface area contributed by atoms with Gasteiger partial charge in [-0.3, -0.25) is 9.80 Å². The molecule has 0 atom stereocenters. The molecule has 2 heterocycles. The molecule has 9 rings (SSSR count). The average molecular weight is 615 g/mol. The largest absolute Gasteiger partial charge is 0.295 e. The lowest BCUT2D eigenvalue weighted by Crippen LogP contribution is -2.15. The molecule has 0 spiro atoms. The summed E-state index contributed by atoms with van der Waals surface area (Å²) in [7, 11) is 0. The Morgan fingerprint density at radius 1 is 0.333 bits per heavy atom. The minimum absolute atomic E-state index is 0.840. The fourth-order valence-corrected chi connectivity index (χ4v) is 7.02. The van der Waals surface area contributed by atoms with Crippen molar-refractivity contribution in [3.63, 3.8) is 0 Å². The summed E-state index contributed by atoms with van der Waals surface area (Å²) in [6, 6.07) is 59.8. The van der Waals surface area contributed by atoms with E-state index in [0.717, 1.165) is 39.9 Å². The zero-order valence-corrected chi connectivity index (χ0v) is 26.1. The Balaban J connectivity index is 1.33. The van der Waals surface area contributed by atoms with E-state index in [-0.39, 0.29) is 0 Å². The van der Waals surface area contributed by atoms with Crippen molar-refractivity contribution in [2.45, 2.75) is 0 Å². The summed E-state index contributed by atoms with van der Waals surface area (Å²) < 4.78 is 0. The van der Waals surface area contributed by atoms with Gasteiger partial charge in [0.2, 0.25) is 0 Å². The Morgan fingerprint density at radius 3 is 1.35 bits per heavy atom. The number of pyridine rings is 2. The molecule has 0 radical (unpaired) electrons. The molecule has 0 aliphatic heterocycles. The normalized spacial score (nSPS) is 11.3. The number of nitrogens with zero attached hydrogens (tertiary/aromatic N) is 4. The molecule has 1 aliphatic carbocycles. The molecule has 2 aromatic heterocycles. The predicted octanol–water partition coefficient (Wildman–Crippen LogP) is 11.9. The van der Waals surface area contributed by atoms with E-state index < -0.39 is 0 Å². The summed E-state index contributed by atoms with van der Waals surface area (Å²) in [4.78, 5) is 14.1. The lowest BCUT2D eigenvalue weighted by Gasteiger charge is -2.29. The highest BCUT2D eigenvalue weighted by Crippen LogP contribution is 2.50. The Labute approximate surface area is 279 Å². The van der Waals surface area contributed by atoms with Gasteiger partial charge in [0.15, 0.2) is 0 Å². The van der Waals surface area contributed by atoms with Crippen LogP contribution in [0.3, 0.4) is 0 Å². The van der Waals surface area contributed by atoms with Crippen LogP contribution in [0.15, 0.2) is 182 Å². The standard InChI is InChI=1S/C44H30N4/c1-3-14-32(15-4-1)47(42-22-9-11-26-45-42)34-28-31(29-35(30-34)48(33-16-5-2-6-17-33)43-23-10-12-27-46-43)36-24-25-41-38-19-8-7-18-37(38)40-21-13-20-39(36)44(40)41/h1-30H. The topological polar surface area (TPSA) is 32.3 Å². The first kappa shape index (κ1) is 27.8. The van der Waals surface area contributed by atoms with Crippen molar-refractivity contribution < 1.29 is 0 Å². The monoisotopic (exact) mass is 614 g/mol. The number of fused-ring (bicyclic) bond motifs is 3. The van der Waals surface area contributed by atoms with Crippen LogP contribution >= 0.6 is 0 Å². The summed E-state index contributed by atoms with van der Waals surface area (Å²) in [5.74, 6) is 1.68. The number of aromatic nitrogens is 2. The highest BCUT2D eigenvalue weighted by atomic mass is 15.2. The first-order valence-electron chi connectivity index (χ1n) is 16.2. The summed E-state index contributed by atoms with van der Waals surface area (Å²) in [5.41, 5.74) is 11.5. The molecule has 4 nitrogen and oxygen atoms in total. The van der Waals surface area contributed by atoms with Crippen molar-refractivity contribution in [1.29, 1.82) is 0 Å². The third-order valence-electron chi connectivity index (χ3n) is 9.06. The van der Waals surface area contributed by atoms with Crippen LogP contribution in [0.25, 0.3) is 44.2 Å². The van der Waals surface area contributed by atoms with Crippen LogP contribution in [0.5, 0.6) is 0 Å². The van der Waals surface area contributed by atoms with E-state index in [0.29, 0.717) is 0 Å². The Bertz CT molecular complexity index is 2180. The van der Waals surface area contributed by atoms with Crippen LogP contribution in [-0.2, 0) is 0 Å². The Morgan fingerprint density at radius 2 is 0.812 bits per heavy atom. The number of rotatable bonds is 7. The Hall–Kier alpha value is -6.52. The number of hydrogen-bond donors (Lipinski definition) is 0. The van der Waals surface area contributed by atoms with Gasteiger partial charge in [0.1, 0.15) is 11.6 Å². The van der Waals surface area contributed by atoms with E-state index in [1.807, 2.05) is 48.8 Å². The van der Waals surface area contributed by atoms with E-state index in [9.17, 15) is 0 Å². The van der Waals surface area contributed by atoms with Crippen LogP contribution < -0.4 is 9.80 Å². The van der Waals surface area contributed by atoms with E-state index in [4.69, 9.17) is 9.97 Å². The third kappa shape index (κ3) is 4.70. The van der Waals surface area contributed by atoms with E-state index >= 15 is 0 Å². The molecular weight excluding hydrogens is 585 g/mol. The lowest BCUT2D eigenvalue weighted by atomic mass is 9.93. The predicted molar refractivity (Wildman–Crippen MR) is 199 cm³/mol. The van der Waals surface area contributed by atoms with Crippen LogP contribution in [0, 0.1) is 0 Å². The summed E-state index contributed by atoms with van der Waals surface area (Å²) in [6.07, 6.45) is 3.70. The van der Waals surface area contributed by atoms with Crippen LogP contribution in [0.4, 0.5) is 34.4 Å². The van der Waals surface area contributed by atoms with Gasteiger partial charge in [0.05, 0.1) is 11.4 Å². The van der Waals surface area contributed by atoms with Gasteiger partial charge in [-0.2, -0.15) is 0 Å². The second-order valence-corrected chi connectivity index (χ2v) is 11.9. The number of anilines is 6. The van der Waals surface area contributed by atoms with Gasteiger partial charge in [-0.25, -0.2) is 9.97 Å². The molecular formula is C44H30N4. The van der Waals surface area contributed by atoms with E-state index in [1.54, 1.807) is 0 Å². The summed E-state index contributed by atoms with van der Waals surface area (Å²) in [5, 5.41) is 2.54. The van der Waals surface area contributed by atoms with Crippen molar-refractivity contribution in [2.75, 3.05) is 9.80 Å². The fraction of sp³-hybridized carbons (Fsp3) is 0. The highest BCUT2D eigenvalue weighted by molar-refractivity contribution is 6.18. The number of para-hydroxylation sites is 2. The maximum Gasteiger partial charge on any atom is 0.137 e. The summed E-state index contributed by atoms with van der Waals surface area (Å²) >= 11 is 0. The SMILES string of the molecule is c1ccc(N(c2cc(-c3ccc4c5c(cccc35)-c3ccccc3-4)cc(N(c3ccccc3)c3ccccn3)c2)c2ccccn2)cc1. The van der Waals surface area contributed by atoms with Crippen molar-refractivity contribution in [1.82, 2.24) is 9.97 Å². The van der Waals surface area contributed by atoms with Gasteiger partial charge in [0, 0.05) is 23.8 Å². The maximum absolute atomic E-state index is 4.83. The quantitative estimate of drug-likeness (QED) is 0.179. The molecule has 0 amide bonds. The zero-order chi connectivity index (χ0) is 31.9. The molecule has 4 heteroatoms. The molecule has 0 N–H and O–H groups in total. The van der Waals surface area contributed by atoms with E-state index in [2.05, 4.69) is 143 Å². The minimum Gasteiger partial charge on any atom is -0.295 e. The highest BCUT2D eigenvalue weighted by Gasteiger charge is 2.24. The lowest BCUT2D eigenvalue weighted by molar-refractivity contribution is 1.16. The molecule has 0 unspecified atom stereocenters. The van der Waals surface area contributed by atoms with Crippen molar-refractivity contribution in [2.24, 2.45) is 0 Å². The van der Waals surface area contributed by atoms with Gasteiger partial charge >= 0.3 is 0 Å². The molecule has 226 valence electrons. The van der Waals surface area contributed by atoms with Gasteiger partial charge in [-0.1, -0.05) is 103 Å². The number of hydrogen-bond acceptors (Lipinski definition) is 4. The molecule has 6 aromatic carbocycles. The summed E-state index contributed by atoms with van der Waals surface area (Å²) in [6.45, 7) is 0. The fourth-order valence-electron chi connectivity index (χ4n) is 7.02. The van der Waals surface area contributed by atoms with Gasteiger partial charge in [-0.05, 0) is 111 Å². The third-order valence-corrected chi connectivity index (χ3v) is 9.06. The molecule has 0 bridgehead atoms. The van der Waals surface area contributed by atoms with Gasteiger partial charge < -0.3 is 0 Å². The van der Waals surface area contributed by atoms with Crippen molar-refractivity contribution >= 4 is 45.2 Å². The second-order valence-electron chi connectivity index (χ2n) is 11.9. The molecule has 0 saturated heterocycles. The Kier molecular flexibility index (Phi) is 6.76. The average Bonchev–Trinajstić information content (AvgIpc) is 3.49. The zero-order valence-electron chi connectivity index (χ0n) is 26.1. The van der Waals surface area contributed by atoms with Gasteiger partial charge in [0.25, 0.3) is 0 Å². The van der Waals surface area contributed by atoms with Gasteiger partial charge in [-0.15, -0.1) is 0 Å².